The Labute approximate surface area is 152 Å². The first-order valence-corrected chi connectivity index (χ1v) is 9.87. The van der Waals surface area contributed by atoms with E-state index in [2.05, 4.69) is 0 Å². The van der Waals surface area contributed by atoms with Gasteiger partial charge in [0.25, 0.3) is 0 Å². The molecule has 1 aromatic carbocycles. The number of allylic oxidation sites excluding steroid dienone is 1. The predicted molar refractivity (Wildman–Crippen MR) is 94.8 cm³/mol. The molecule has 0 spiro atoms. The molecule has 25 heavy (non-hydrogen) atoms. The molecule has 8 heteroatoms. The fraction of sp³-hybridized carbons (Fsp3) is 0.412. The van der Waals surface area contributed by atoms with Crippen LogP contribution in [0.2, 0.25) is 5.02 Å². The molecule has 0 aromatic heterocycles. The zero-order chi connectivity index (χ0) is 19.2. The quantitative estimate of drug-likeness (QED) is 0.212. The van der Waals surface area contributed by atoms with Gasteiger partial charge in [-0.25, -0.2) is 8.42 Å². The Hall–Kier alpha value is -1.86. The van der Waals surface area contributed by atoms with Crippen LogP contribution in [-0.2, 0) is 30.6 Å². The van der Waals surface area contributed by atoms with E-state index in [4.69, 9.17) is 21.1 Å². The molecule has 0 aliphatic rings. The minimum atomic E-state index is -3.56. The molecule has 0 radical (unpaired) electrons. The fourth-order valence-electron chi connectivity index (χ4n) is 1.96. The number of carbonyl (C=O) groups excluding carboxylic acids is 2. The number of benzene rings is 1. The molecule has 0 atom stereocenters. The van der Waals surface area contributed by atoms with E-state index in [0.717, 1.165) is 12.5 Å². The molecular formula is C17H21ClO6S. The third-order valence-corrected chi connectivity index (χ3v) is 4.61. The lowest BCUT2D eigenvalue weighted by molar-refractivity contribution is -0.117. The Balaban J connectivity index is 3.30. The average molecular weight is 389 g/mol. The second kappa shape index (κ2) is 9.01. The highest BCUT2D eigenvalue weighted by atomic mass is 35.5. The van der Waals surface area contributed by atoms with Crippen LogP contribution in [0.4, 0.5) is 0 Å². The van der Waals surface area contributed by atoms with Crippen LogP contribution in [0, 0.1) is 0 Å². The van der Waals surface area contributed by atoms with Gasteiger partial charge in [0, 0.05) is 12.7 Å². The van der Waals surface area contributed by atoms with Gasteiger partial charge in [-0.2, -0.15) is 0 Å². The zero-order valence-electron chi connectivity index (χ0n) is 14.5. The lowest BCUT2D eigenvalue weighted by Gasteiger charge is -2.17. The van der Waals surface area contributed by atoms with Crippen molar-refractivity contribution in [3.63, 3.8) is 0 Å². The molecule has 0 heterocycles. The van der Waals surface area contributed by atoms with Crippen LogP contribution in [0.3, 0.4) is 0 Å². The number of aldehydes is 1. The smallest absolute Gasteiger partial charge is 0.179 e. The summed E-state index contributed by atoms with van der Waals surface area (Å²) in [6.45, 7) is 5.51. The van der Waals surface area contributed by atoms with E-state index in [-0.39, 0.29) is 33.8 Å². The van der Waals surface area contributed by atoms with Gasteiger partial charge < -0.3 is 9.47 Å². The molecule has 6 nitrogen and oxygen atoms in total. The molecule has 0 amide bonds. The molecule has 0 N–H and O–H groups in total. The van der Waals surface area contributed by atoms with E-state index in [9.17, 15) is 18.0 Å². The highest BCUT2D eigenvalue weighted by molar-refractivity contribution is 7.90. The van der Waals surface area contributed by atoms with E-state index in [0.29, 0.717) is 18.5 Å². The third-order valence-electron chi connectivity index (χ3n) is 3.07. The fourth-order valence-corrected chi connectivity index (χ4v) is 3.09. The Morgan fingerprint density at radius 2 is 1.96 bits per heavy atom. The van der Waals surface area contributed by atoms with Crippen molar-refractivity contribution >= 4 is 33.5 Å². The van der Waals surface area contributed by atoms with Crippen LogP contribution in [0.25, 0.3) is 0 Å². The molecule has 1 aromatic rings. The summed E-state index contributed by atoms with van der Waals surface area (Å²) < 4.78 is 34.3. The Bertz CT molecular complexity index is 781. The van der Waals surface area contributed by atoms with Gasteiger partial charge in [-0.05, 0) is 32.4 Å². The number of hydrogen-bond donors (Lipinski definition) is 0. The number of Topliss-reactive ketones (excluding diaryl/α,β-unsaturated/α-hetero) is 1. The van der Waals surface area contributed by atoms with Gasteiger partial charge in [-0.3, -0.25) is 9.59 Å². The Morgan fingerprint density at radius 3 is 2.44 bits per heavy atom. The van der Waals surface area contributed by atoms with E-state index in [1.807, 2.05) is 0 Å². The van der Waals surface area contributed by atoms with Crippen molar-refractivity contribution in [2.24, 2.45) is 0 Å². The van der Waals surface area contributed by atoms with Crippen molar-refractivity contribution in [1.82, 2.24) is 0 Å². The molecule has 138 valence electrons. The summed E-state index contributed by atoms with van der Waals surface area (Å²) in [5, 5.41) is 0.0339. The largest absolute Gasteiger partial charge is 0.501 e. The minimum Gasteiger partial charge on any atom is -0.501 e. The van der Waals surface area contributed by atoms with Gasteiger partial charge in [0.2, 0.25) is 0 Å². The topological polar surface area (TPSA) is 86.7 Å². The Kier molecular flexibility index (Phi) is 7.63. The van der Waals surface area contributed by atoms with Crippen molar-refractivity contribution in [1.29, 1.82) is 0 Å². The maximum atomic E-state index is 12.2. The lowest BCUT2D eigenvalue weighted by Crippen LogP contribution is -2.13. The first-order valence-electron chi connectivity index (χ1n) is 7.60. The summed E-state index contributed by atoms with van der Waals surface area (Å²) in [6, 6.07) is 2.78. The second-order valence-corrected chi connectivity index (χ2v) is 7.91. The number of ketones is 1. The SMILES string of the molecule is CCOC=C(C=O)C(=O)Cc1ccc(S(C)(=O)=O)c(OC(C)C)c1Cl. The number of sulfone groups is 1. The molecule has 0 bridgehead atoms. The van der Waals surface area contributed by atoms with Crippen molar-refractivity contribution in [2.75, 3.05) is 12.9 Å². The van der Waals surface area contributed by atoms with Crippen molar-refractivity contribution in [3.8, 4) is 5.75 Å². The van der Waals surface area contributed by atoms with Crippen LogP contribution in [0.15, 0.2) is 28.9 Å². The highest BCUT2D eigenvalue weighted by Gasteiger charge is 2.23. The predicted octanol–water partition coefficient (Wildman–Crippen LogP) is 2.76. The molecular weight excluding hydrogens is 368 g/mol. The summed E-state index contributed by atoms with van der Waals surface area (Å²) in [7, 11) is -3.56. The summed E-state index contributed by atoms with van der Waals surface area (Å²) in [6.07, 6.45) is 2.05. The lowest BCUT2D eigenvalue weighted by atomic mass is 10.0. The maximum absolute atomic E-state index is 12.2. The first kappa shape index (κ1) is 21.2. The molecule has 0 saturated carbocycles. The van der Waals surface area contributed by atoms with E-state index >= 15 is 0 Å². The van der Waals surface area contributed by atoms with Gasteiger partial charge >= 0.3 is 0 Å². The number of carbonyl (C=O) groups is 2. The van der Waals surface area contributed by atoms with Crippen LogP contribution in [0.1, 0.15) is 26.3 Å². The van der Waals surface area contributed by atoms with Crippen molar-refractivity contribution in [2.45, 2.75) is 38.2 Å². The summed E-state index contributed by atoms with van der Waals surface area (Å²) in [5.74, 6) is -0.487. The van der Waals surface area contributed by atoms with Crippen LogP contribution < -0.4 is 4.74 Å². The average Bonchev–Trinajstić information content (AvgIpc) is 2.50. The first-order chi connectivity index (χ1) is 11.6. The van der Waals surface area contributed by atoms with E-state index < -0.39 is 15.6 Å². The van der Waals surface area contributed by atoms with Gasteiger partial charge in [0.1, 0.15) is 4.90 Å². The number of rotatable bonds is 9. The molecule has 0 aliphatic heterocycles. The van der Waals surface area contributed by atoms with Gasteiger partial charge in [-0.1, -0.05) is 17.7 Å². The maximum Gasteiger partial charge on any atom is 0.179 e. The molecule has 0 fully saturated rings. The molecule has 0 unspecified atom stereocenters. The van der Waals surface area contributed by atoms with E-state index in [1.165, 1.54) is 12.1 Å². The summed E-state index contributed by atoms with van der Waals surface area (Å²) in [4.78, 5) is 23.2. The van der Waals surface area contributed by atoms with Crippen LogP contribution in [0.5, 0.6) is 5.75 Å². The third kappa shape index (κ3) is 5.86. The number of halogens is 1. The van der Waals surface area contributed by atoms with Crippen molar-refractivity contribution < 1.29 is 27.5 Å². The van der Waals surface area contributed by atoms with Gasteiger partial charge in [0.05, 0.1) is 29.6 Å². The Morgan fingerprint density at radius 1 is 1.32 bits per heavy atom. The molecule has 0 aliphatic carbocycles. The number of ether oxygens (including phenoxy) is 2. The normalized spacial score (nSPS) is 12.2. The summed E-state index contributed by atoms with van der Waals surface area (Å²) in [5.41, 5.74) is 0.232. The standard InChI is InChI=1S/C17H21ClO6S/c1-5-23-10-13(9-19)14(20)8-12-6-7-15(25(4,21)22)17(16(12)18)24-11(2)3/h6-7,9-11H,5,8H2,1-4H3. The zero-order valence-corrected chi connectivity index (χ0v) is 16.1. The van der Waals surface area contributed by atoms with Gasteiger partial charge in [-0.15, -0.1) is 0 Å². The monoisotopic (exact) mass is 388 g/mol. The highest BCUT2D eigenvalue weighted by Crippen LogP contribution is 2.36. The van der Waals surface area contributed by atoms with Crippen LogP contribution in [-0.4, -0.2) is 39.5 Å². The summed E-state index contributed by atoms with van der Waals surface area (Å²) >= 11 is 6.28. The molecule has 1 rings (SSSR count). The van der Waals surface area contributed by atoms with E-state index in [1.54, 1.807) is 20.8 Å². The second-order valence-electron chi connectivity index (χ2n) is 5.55. The number of hydrogen-bond acceptors (Lipinski definition) is 6. The van der Waals surface area contributed by atoms with Gasteiger partial charge in [0.15, 0.2) is 27.7 Å². The van der Waals surface area contributed by atoms with Crippen LogP contribution >= 0.6 is 11.6 Å². The molecule has 0 saturated heterocycles. The minimum absolute atomic E-state index is 0.00547. The van der Waals surface area contributed by atoms with Crippen molar-refractivity contribution in [3.05, 3.63) is 34.6 Å².